The van der Waals surface area contributed by atoms with Crippen molar-refractivity contribution >= 4 is 11.6 Å². The molecule has 2 rings (SSSR count). The van der Waals surface area contributed by atoms with E-state index in [1.165, 1.54) is 6.07 Å². The highest BCUT2D eigenvalue weighted by Crippen LogP contribution is 2.15. The number of aryl methyl sites for hydroxylation is 1. The van der Waals surface area contributed by atoms with Crippen LogP contribution in [-0.4, -0.2) is 12.5 Å². The minimum atomic E-state index is -0.267. The highest BCUT2D eigenvalue weighted by Gasteiger charge is 2.11. The van der Waals surface area contributed by atoms with Crippen LogP contribution in [0.1, 0.15) is 24.1 Å². The third-order valence-electron chi connectivity index (χ3n) is 3.24. The Morgan fingerprint density at radius 2 is 1.95 bits per heavy atom. The van der Waals surface area contributed by atoms with Gasteiger partial charge in [0.2, 0.25) is 5.91 Å². The molecule has 0 spiro atoms. The summed E-state index contributed by atoms with van der Waals surface area (Å²) in [5, 5.41) is 5.83. The summed E-state index contributed by atoms with van der Waals surface area (Å²) in [5.74, 6) is -0.416. The second-order valence-electron chi connectivity index (χ2n) is 5.04. The number of anilines is 1. The lowest BCUT2D eigenvalue weighted by Gasteiger charge is -2.15. The van der Waals surface area contributed by atoms with Crippen molar-refractivity contribution in [2.45, 2.75) is 19.9 Å². The van der Waals surface area contributed by atoms with Crippen LogP contribution in [0.15, 0.2) is 48.5 Å². The predicted molar refractivity (Wildman–Crippen MR) is 82.6 cm³/mol. The molecular formula is C17H19FN2O. The second-order valence-corrected chi connectivity index (χ2v) is 5.04. The van der Waals surface area contributed by atoms with Gasteiger partial charge in [0.15, 0.2) is 0 Å². The first-order valence-corrected chi connectivity index (χ1v) is 6.90. The van der Waals surface area contributed by atoms with E-state index in [4.69, 9.17) is 0 Å². The number of halogens is 1. The molecule has 1 amide bonds. The maximum absolute atomic E-state index is 13.6. The first-order valence-electron chi connectivity index (χ1n) is 6.90. The zero-order valence-corrected chi connectivity index (χ0v) is 12.2. The van der Waals surface area contributed by atoms with Crippen LogP contribution in [-0.2, 0) is 4.79 Å². The van der Waals surface area contributed by atoms with Crippen molar-refractivity contribution < 1.29 is 9.18 Å². The Balaban J connectivity index is 1.88. The normalized spacial score (nSPS) is 12.0. The molecule has 0 aliphatic rings. The minimum absolute atomic E-state index is 0.128. The molecule has 3 nitrogen and oxygen atoms in total. The minimum Gasteiger partial charge on any atom is -0.325 e. The van der Waals surface area contributed by atoms with Gasteiger partial charge in [-0.25, -0.2) is 4.39 Å². The predicted octanol–water partition coefficient (Wildman–Crippen LogP) is 3.42. The fourth-order valence-corrected chi connectivity index (χ4v) is 2.11. The van der Waals surface area contributed by atoms with Crippen LogP contribution in [0.2, 0.25) is 0 Å². The van der Waals surface area contributed by atoms with Crippen molar-refractivity contribution in [2.75, 3.05) is 11.9 Å². The Bertz CT molecular complexity index is 628. The SMILES string of the molecule is Cc1cccc(NC(=O)CN[C@H](C)c2ccccc2F)c1. The quantitative estimate of drug-likeness (QED) is 0.884. The van der Waals surface area contributed by atoms with Gasteiger partial charge in [0, 0.05) is 17.3 Å². The molecular weight excluding hydrogens is 267 g/mol. The summed E-state index contributed by atoms with van der Waals surface area (Å²) in [6.45, 7) is 3.93. The number of carbonyl (C=O) groups excluding carboxylic acids is 1. The summed E-state index contributed by atoms with van der Waals surface area (Å²) < 4.78 is 13.6. The summed E-state index contributed by atoms with van der Waals surface area (Å²) in [7, 11) is 0. The van der Waals surface area contributed by atoms with E-state index in [0.29, 0.717) is 5.56 Å². The van der Waals surface area contributed by atoms with Crippen LogP contribution < -0.4 is 10.6 Å². The lowest BCUT2D eigenvalue weighted by molar-refractivity contribution is -0.115. The van der Waals surface area contributed by atoms with Crippen LogP contribution in [0.4, 0.5) is 10.1 Å². The fourth-order valence-electron chi connectivity index (χ4n) is 2.11. The first-order chi connectivity index (χ1) is 10.1. The smallest absolute Gasteiger partial charge is 0.238 e. The average molecular weight is 286 g/mol. The van der Waals surface area contributed by atoms with Crippen molar-refractivity contribution in [1.29, 1.82) is 0 Å². The van der Waals surface area contributed by atoms with E-state index in [9.17, 15) is 9.18 Å². The molecule has 110 valence electrons. The third-order valence-corrected chi connectivity index (χ3v) is 3.24. The molecule has 1 atom stereocenters. The number of amides is 1. The van der Waals surface area contributed by atoms with Crippen molar-refractivity contribution in [3.63, 3.8) is 0 Å². The van der Waals surface area contributed by atoms with Crippen LogP contribution in [0.5, 0.6) is 0 Å². The topological polar surface area (TPSA) is 41.1 Å². The van der Waals surface area contributed by atoms with E-state index in [0.717, 1.165) is 11.3 Å². The first kappa shape index (κ1) is 15.2. The van der Waals surface area contributed by atoms with Crippen molar-refractivity contribution in [2.24, 2.45) is 0 Å². The number of hydrogen-bond acceptors (Lipinski definition) is 2. The Kier molecular flexibility index (Phi) is 5.06. The Morgan fingerprint density at radius 1 is 1.19 bits per heavy atom. The van der Waals surface area contributed by atoms with E-state index in [-0.39, 0.29) is 24.3 Å². The Morgan fingerprint density at radius 3 is 2.67 bits per heavy atom. The largest absolute Gasteiger partial charge is 0.325 e. The number of hydrogen-bond donors (Lipinski definition) is 2. The molecule has 0 aromatic heterocycles. The maximum Gasteiger partial charge on any atom is 0.238 e. The Labute approximate surface area is 124 Å². The van der Waals surface area contributed by atoms with Crippen LogP contribution in [0.3, 0.4) is 0 Å². The van der Waals surface area contributed by atoms with Gasteiger partial charge in [-0.15, -0.1) is 0 Å². The van der Waals surface area contributed by atoms with Crippen molar-refractivity contribution in [3.8, 4) is 0 Å². The molecule has 0 radical (unpaired) electrons. The van der Waals surface area contributed by atoms with Gasteiger partial charge in [-0.3, -0.25) is 4.79 Å². The summed E-state index contributed by atoms with van der Waals surface area (Å²) in [6, 6.07) is 13.9. The number of carbonyl (C=O) groups is 1. The molecule has 21 heavy (non-hydrogen) atoms. The van der Waals surface area contributed by atoms with Crippen molar-refractivity contribution in [1.82, 2.24) is 5.32 Å². The van der Waals surface area contributed by atoms with E-state index < -0.39 is 0 Å². The van der Waals surface area contributed by atoms with Crippen molar-refractivity contribution in [3.05, 3.63) is 65.5 Å². The summed E-state index contributed by atoms with van der Waals surface area (Å²) in [5.41, 5.74) is 2.40. The Hall–Kier alpha value is -2.20. The molecule has 4 heteroatoms. The molecule has 0 bridgehead atoms. The standard InChI is InChI=1S/C17H19FN2O/c1-12-6-5-7-14(10-12)20-17(21)11-19-13(2)15-8-3-4-9-16(15)18/h3-10,13,19H,11H2,1-2H3,(H,20,21)/t13-/m1/s1. The van der Waals surface area contributed by atoms with Gasteiger partial charge in [-0.2, -0.15) is 0 Å². The molecule has 0 saturated carbocycles. The van der Waals surface area contributed by atoms with Gasteiger partial charge < -0.3 is 10.6 Å². The molecule has 0 aliphatic carbocycles. The van der Waals surface area contributed by atoms with E-state index >= 15 is 0 Å². The van der Waals surface area contributed by atoms with E-state index in [1.807, 2.05) is 38.1 Å². The second kappa shape index (κ2) is 6.99. The molecule has 0 unspecified atom stereocenters. The molecule has 2 N–H and O–H groups in total. The van der Waals surface area contributed by atoms with Crippen LogP contribution in [0, 0.1) is 12.7 Å². The van der Waals surface area contributed by atoms with Crippen LogP contribution >= 0.6 is 0 Å². The molecule has 0 fully saturated rings. The van der Waals surface area contributed by atoms with Gasteiger partial charge in [0.25, 0.3) is 0 Å². The molecule has 0 heterocycles. The summed E-state index contributed by atoms with van der Waals surface area (Å²) in [6.07, 6.45) is 0. The highest BCUT2D eigenvalue weighted by molar-refractivity contribution is 5.92. The van der Waals surface area contributed by atoms with Gasteiger partial charge in [-0.05, 0) is 37.6 Å². The number of benzene rings is 2. The third kappa shape index (κ3) is 4.39. The highest BCUT2D eigenvalue weighted by atomic mass is 19.1. The van der Waals surface area contributed by atoms with Gasteiger partial charge in [-0.1, -0.05) is 30.3 Å². The van der Waals surface area contributed by atoms with Gasteiger partial charge in [0.05, 0.1) is 6.54 Å². The number of rotatable bonds is 5. The van der Waals surface area contributed by atoms with Gasteiger partial charge in [0.1, 0.15) is 5.82 Å². The van der Waals surface area contributed by atoms with E-state index in [1.54, 1.807) is 18.2 Å². The number of nitrogens with one attached hydrogen (secondary N) is 2. The average Bonchev–Trinajstić information content (AvgIpc) is 2.45. The molecule has 0 aliphatic heterocycles. The lowest BCUT2D eigenvalue weighted by atomic mass is 10.1. The molecule has 2 aromatic carbocycles. The zero-order valence-electron chi connectivity index (χ0n) is 12.2. The van der Waals surface area contributed by atoms with E-state index in [2.05, 4.69) is 10.6 Å². The summed E-state index contributed by atoms with van der Waals surface area (Å²) in [4.78, 5) is 11.9. The lowest BCUT2D eigenvalue weighted by Crippen LogP contribution is -2.30. The monoisotopic (exact) mass is 286 g/mol. The molecule has 2 aromatic rings. The zero-order chi connectivity index (χ0) is 15.2. The fraction of sp³-hybridized carbons (Fsp3) is 0.235. The van der Waals surface area contributed by atoms with Crippen LogP contribution in [0.25, 0.3) is 0 Å². The molecule has 0 saturated heterocycles. The van der Waals surface area contributed by atoms with Gasteiger partial charge >= 0.3 is 0 Å². The maximum atomic E-state index is 13.6. The summed E-state index contributed by atoms with van der Waals surface area (Å²) >= 11 is 0.